The van der Waals surface area contributed by atoms with Crippen LogP contribution in [0.3, 0.4) is 0 Å². The quantitative estimate of drug-likeness (QED) is 0.870. The standard InChI is InChI=1S/C17H22N6O/c1-11-5-3-7-19-17(11)22-16-9-13(20-12(2)21-16)14-6-4-8-23(14)10-15(18)24/h3,5,7,9,14H,4,6,8,10H2,1-2H3,(H2,18,24)(H,19,20,21,22)/t14-/m1/s1. The van der Waals surface area contributed by atoms with Crippen LogP contribution < -0.4 is 11.1 Å². The van der Waals surface area contributed by atoms with E-state index in [0.29, 0.717) is 11.6 Å². The molecule has 3 heterocycles. The number of aromatic nitrogens is 3. The van der Waals surface area contributed by atoms with Gasteiger partial charge in [0.15, 0.2) is 0 Å². The third-order valence-corrected chi connectivity index (χ3v) is 4.18. The van der Waals surface area contributed by atoms with Crippen LogP contribution in [0, 0.1) is 13.8 Å². The zero-order valence-corrected chi connectivity index (χ0v) is 14.0. The maximum absolute atomic E-state index is 11.3. The molecule has 1 saturated heterocycles. The molecule has 1 atom stereocenters. The second-order valence-corrected chi connectivity index (χ2v) is 6.11. The van der Waals surface area contributed by atoms with Crippen LogP contribution in [0.2, 0.25) is 0 Å². The molecule has 0 aliphatic carbocycles. The van der Waals surface area contributed by atoms with Gasteiger partial charge >= 0.3 is 0 Å². The van der Waals surface area contributed by atoms with E-state index in [1.165, 1.54) is 0 Å². The van der Waals surface area contributed by atoms with Crippen LogP contribution >= 0.6 is 0 Å². The van der Waals surface area contributed by atoms with Gasteiger partial charge in [0.2, 0.25) is 5.91 Å². The maximum Gasteiger partial charge on any atom is 0.231 e. The Labute approximate surface area is 141 Å². The van der Waals surface area contributed by atoms with Gasteiger partial charge in [0.25, 0.3) is 0 Å². The molecule has 0 bridgehead atoms. The zero-order valence-electron chi connectivity index (χ0n) is 14.0. The number of nitrogens with two attached hydrogens (primary N) is 1. The third kappa shape index (κ3) is 3.68. The summed E-state index contributed by atoms with van der Waals surface area (Å²) in [5, 5.41) is 3.26. The molecule has 3 N–H and O–H groups in total. The summed E-state index contributed by atoms with van der Waals surface area (Å²) in [7, 11) is 0. The van der Waals surface area contributed by atoms with Gasteiger partial charge in [-0.3, -0.25) is 9.69 Å². The van der Waals surface area contributed by atoms with E-state index in [1.54, 1.807) is 6.20 Å². The van der Waals surface area contributed by atoms with Crippen molar-refractivity contribution < 1.29 is 4.79 Å². The Morgan fingerprint density at radius 2 is 2.25 bits per heavy atom. The van der Waals surface area contributed by atoms with Crippen molar-refractivity contribution in [3.8, 4) is 0 Å². The molecule has 0 aromatic carbocycles. The van der Waals surface area contributed by atoms with Crippen molar-refractivity contribution in [1.82, 2.24) is 19.9 Å². The van der Waals surface area contributed by atoms with Crippen LogP contribution in [0.25, 0.3) is 0 Å². The van der Waals surface area contributed by atoms with E-state index in [2.05, 4.69) is 25.2 Å². The Kier molecular flexibility index (Phi) is 4.71. The molecule has 0 saturated carbocycles. The minimum Gasteiger partial charge on any atom is -0.369 e. The first kappa shape index (κ1) is 16.3. The Morgan fingerprint density at radius 3 is 3.00 bits per heavy atom. The number of rotatable bonds is 5. The molecule has 2 aromatic heterocycles. The molecule has 7 nitrogen and oxygen atoms in total. The summed E-state index contributed by atoms with van der Waals surface area (Å²) in [5.41, 5.74) is 7.32. The number of aryl methyl sites for hydroxylation is 2. The summed E-state index contributed by atoms with van der Waals surface area (Å²) in [6, 6.07) is 5.93. The molecule has 1 aliphatic heterocycles. The van der Waals surface area contributed by atoms with Crippen molar-refractivity contribution in [2.24, 2.45) is 5.73 Å². The number of pyridine rings is 1. The summed E-state index contributed by atoms with van der Waals surface area (Å²) in [6.45, 7) is 4.98. The molecule has 1 fully saturated rings. The van der Waals surface area contributed by atoms with Crippen molar-refractivity contribution >= 4 is 17.5 Å². The second kappa shape index (κ2) is 6.92. The Morgan fingerprint density at radius 1 is 1.42 bits per heavy atom. The van der Waals surface area contributed by atoms with Crippen molar-refractivity contribution in [1.29, 1.82) is 0 Å². The first-order chi connectivity index (χ1) is 11.5. The lowest BCUT2D eigenvalue weighted by Gasteiger charge is -2.23. The minimum absolute atomic E-state index is 0.101. The number of amides is 1. The van der Waals surface area contributed by atoms with Crippen molar-refractivity contribution in [3.63, 3.8) is 0 Å². The average Bonchev–Trinajstić information content (AvgIpc) is 2.96. The van der Waals surface area contributed by atoms with Crippen molar-refractivity contribution in [3.05, 3.63) is 41.5 Å². The molecule has 24 heavy (non-hydrogen) atoms. The molecular weight excluding hydrogens is 304 g/mol. The highest BCUT2D eigenvalue weighted by atomic mass is 16.1. The highest BCUT2D eigenvalue weighted by Gasteiger charge is 2.28. The number of hydrogen-bond acceptors (Lipinski definition) is 6. The fraction of sp³-hybridized carbons (Fsp3) is 0.412. The Hall–Kier alpha value is -2.54. The van der Waals surface area contributed by atoms with Crippen LogP contribution in [0.1, 0.15) is 36.0 Å². The van der Waals surface area contributed by atoms with E-state index in [-0.39, 0.29) is 18.5 Å². The minimum atomic E-state index is -0.310. The zero-order chi connectivity index (χ0) is 17.1. The fourth-order valence-electron chi connectivity index (χ4n) is 3.11. The largest absolute Gasteiger partial charge is 0.369 e. The lowest BCUT2D eigenvalue weighted by molar-refractivity contribution is -0.119. The number of hydrogen-bond donors (Lipinski definition) is 2. The molecule has 0 unspecified atom stereocenters. The molecule has 2 aromatic rings. The lowest BCUT2D eigenvalue weighted by atomic mass is 10.1. The maximum atomic E-state index is 11.3. The predicted octanol–water partition coefficient (Wildman–Crippen LogP) is 1.85. The summed E-state index contributed by atoms with van der Waals surface area (Å²) >= 11 is 0. The smallest absolute Gasteiger partial charge is 0.231 e. The van der Waals surface area contributed by atoms with Crippen LogP contribution in [-0.4, -0.2) is 38.8 Å². The van der Waals surface area contributed by atoms with Gasteiger partial charge in [0.05, 0.1) is 18.3 Å². The summed E-state index contributed by atoms with van der Waals surface area (Å²) < 4.78 is 0. The monoisotopic (exact) mass is 326 g/mol. The topological polar surface area (TPSA) is 97.0 Å². The molecule has 7 heteroatoms. The van der Waals surface area contributed by atoms with Gasteiger partial charge in [-0.2, -0.15) is 0 Å². The Balaban J connectivity index is 1.86. The summed E-state index contributed by atoms with van der Waals surface area (Å²) in [5.74, 6) is 1.87. The van der Waals surface area contributed by atoms with Gasteiger partial charge in [-0.1, -0.05) is 6.07 Å². The molecule has 0 radical (unpaired) electrons. The first-order valence-corrected chi connectivity index (χ1v) is 8.09. The number of nitrogens with one attached hydrogen (secondary N) is 1. The van der Waals surface area contributed by atoms with Crippen molar-refractivity contribution in [2.75, 3.05) is 18.4 Å². The number of nitrogens with zero attached hydrogens (tertiary/aromatic N) is 4. The van der Waals surface area contributed by atoms with Crippen LogP contribution in [0.5, 0.6) is 0 Å². The molecular formula is C17H22N6O. The van der Waals surface area contributed by atoms with Gasteiger partial charge in [-0.05, 0) is 44.9 Å². The lowest BCUT2D eigenvalue weighted by Crippen LogP contribution is -2.33. The normalized spacial score (nSPS) is 17.8. The number of carbonyl (C=O) groups is 1. The van der Waals surface area contributed by atoms with Gasteiger partial charge in [0.1, 0.15) is 17.5 Å². The number of primary amides is 1. The number of likely N-dealkylation sites (tertiary alicyclic amines) is 1. The summed E-state index contributed by atoms with van der Waals surface area (Å²) in [6.07, 6.45) is 3.74. The van der Waals surface area contributed by atoms with E-state index >= 15 is 0 Å². The van der Waals surface area contributed by atoms with Crippen LogP contribution in [-0.2, 0) is 4.79 Å². The number of carbonyl (C=O) groups excluding carboxylic acids is 1. The van der Waals surface area contributed by atoms with Crippen molar-refractivity contribution in [2.45, 2.75) is 32.7 Å². The highest BCUT2D eigenvalue weighted by Crippen LogP contribution is 2.31. The van der Waals surface area contributed by atoms with E-state index in [1.807, 2.05) is 32.0 Å². The third-order valence-electron chi connectivity index (χ3n) is 4.18. The van der Waals surface area contributed by atoms with Gasteiger partial charge < -0.3 is 11.1 Å². The van der Waals surface area contributed by atoms with E-state index in [9.17, 15) is 4.79 Å². The van der Waals surface area contributed by atoms with Gasteiger partial charge in [-0.15, -0.1) is 0 Å². The van der Waals surface area contributed by atoms with Crippen LogP contribution in [0.15, 0.2) is 24.4 Å². The van der Waals surface area contributed by atoms with Crippen LogP contribution in [0.4, 0.5) is 11.6 Å². The number of anilines is 2. The SMILES string of the molecule is Cc1nc(Nc2ncccc2C)cc([C@H]2CCCN2CC(N)=O)n1. The molecule has 0 spiro atoms. The first-order valence-electron chi connectivity index (χ1n) is 8.09. The van der Waals surface area contributed by atoms with E-state index < -0.39 is 0 Å². The highest BCUT2D eigenvalue weighted by molar-refractivity contribution is 5.76. The Bertz CT molecular complexity index is 748. The average molecular weight is 326 g/mol. The molecule has 3 rings (SSSR count). The molecule has 1 aliphatic rings. The summed E-state index contributed by atoms with van der Waals surface area (Å²) in [4.78, 5) is 26.7. The predicted molar refractivity (Wildman–Crippen MR) is 91.8 cm³/mol. The molecule has 1 amide bonds. The molecule has 126 valence electrons. The second-order valence-electron chi connectivity index (χ2n) is 6.11. The van der Waals surface area contributed by atoms with E-state index in [0.717, 1.165) is 36.5 Å². The van der Waals surface area contributed by atoms with E-state index in [4.69, 9.17) is 5.73 Å². The van der Waals surface area contributed by atoms with Gasteiger partial charge in [-0.25, -0.2) is 15.0 Å². The van der Waals surface area contributed by atoms with Gasteiger partial charge in [0, 0.05) is 12.3 Å². The fourth-order valence-corrected chi connectivity index (χ4v) is 3.11.